The Morgan fingerprint density at radius 1 is 0.271 bits per heavy atom. The van der Waals surface area contributed by atoms with Crippen molar-refractivity contribution in [2.24, 2.45) is 0 Å². The van der Waals surface area contributed by atoms with Crippen LogP contribution in [0.2, 0.25) is 0 Å². The lowest BCUT2D eigenvalue weighted by Gasteiger charge is -2.17. The van der Waals surface area contributed by atoms with Crippen LogP contribution in [0.3, 0.4) is 0 Å². The summed E-state index contributed by atoms with van der Waals surface area (Å²) in [7, 11) is 0. The molecule has 0 bridgehead atoms. The molecule has 0 unspecified atom stereocenters. The number of rotatable bonds is 4. The second kappa shape index (κ2) is 14.0. The highest BCUT2D eigenvalue weighted by Gasteiger charge is 2.23. The molecule has 0 saturated carbocycles. The fourth-order valence-corrected chi connectivity index (χ4v) is 11.9. The highest BCUT2D eigenvalue weighted by atomic mass is 15.2. The van der Waals surface area contributed by atoms with Gasteiger partial charge in [-0.3, -0.25) is 8.97 Å². The molecule has 0 aliphatic carbocycles. The molecule has 0 radical (unpaired) electrons. The second-order valence-electron chi connectivity index (χ2n) is 18.6. The molecular weight excluding hydrogens is 853 g/mol. The predicted octanol–water partition coefficient (Wildman–Crippen LogP) is 16.3. The summed E-state index contributed by atoms with van der Waals surface area (Å²) in [5.41, 5.74) is 15.0. The monoisotopic (exact) mass is 890 g/mol. The third-order valence-corrected chi connectivity index (χ3v) is 14.9. The number of aromatic nitrogens is 6. The van der Waals surface area contributed by atoms with Crippen LogP contribution < -0.4 is 0 Å². The molecule has 0 aliphatic heterocycles. The Kier molecular flexibility index (Phi) is 7.52. The van der Waals surface area contributed by atoms with Crippen molar-refractivity contribution in [3.63, 3.8) is 0 Å². The van der Waals surface area contributed by atoms with Crippen LogP contribution in [0.1, 0.15) is 0 Å². The average molecular weight is 891 g/mol. The van der Waals surface area contributed by atoms with E-state index in [4.69, 9.17) is 9.97 Å². The van der Waals surface area contributed by atoms with E-state index in [0.29, 0.717) is 0 Å². The first-order chi connectivity index (χ1) is 34.7. The molecule has 6 nitrogen and oxygen atoms in total. The lowest BCUT2D eigenvalue weighted by molar-refractivity contribution is 0.979. The molecule has 0 aliphatic rings. The molecule has 16 rings (SSSR count). The molecule has 0 fully saturated rings. The zero-order chi connectivity index (χ0) is 45.6. The number of hydrogen-bond donors (Lipinski definition) is 0. The Labute approximate surface area is 399 Å². The van der Waals surface area contributed by atoms with E-state index in [1.807, 2.05) is 0 Å². The standard InChI is InChI=1S/C64H38N6/c1-3-17-45-39(15-1)29-33-51-48-20-7-11-25-56(48)67(61(45)51)43-35-42(36-44(38-43)68-57-26-12-8-21-49(57)52-34-30-40-16-2-4-18-46(40)62(52)68)41-31-32-50-47-19-6-13-27-58(47)69(60(50)37-41)64-66-54-23-9-5-22-53(54)63-65-55-24-10-14-28-59(55)70(63)64/h1-38H. The van der Waals surface area contributed by atoms with Crippen LogP contribution in [0.5, 0.6) is 0 Å². The van der Waals surface area contributed by atoms with E-state index in [-0.39, 0.29) is 0 Å². The molecule has 0 spiro atoms. The summed E-state index contributed by atoms with van der Waals surface area (Å²) in [6, 6.07) is 84.1. The maximum absolute atomic E-state index is 5.51. The van der Waals surface area contributed by atoms with Crippen LogP contribution in [0, 0.1) is 0 Å². The topological polar surface area (TPSA) is 45.0 Å². The second-order valence-corrected chi connectivity index (χ2v) is 18.6. The Bertz CT molecular complexity index is 4730. The van der Waals surface area contributed by atoms with Crippen molar-refractivity contribution in [1.29, 1.82) is 0 Å². The normalized spacial score (nSPS) is 12.3. The first-order valence-electron chi connectivity index (χ1n) is 23.9. The minimum Gasteiger partial charge on any atom is -0.309 e. The molecule has 11 aromatic carbocycles. The van der Waals surface area contributed by atoms with Gasteiger partial charge in [-0.15, -0.1) is 0 Å². The quantitative estimate of drug-likeness (QED) is 0.177. The van der Waals surface area contributed by atoms with Gasteiger partial charge in [0.25, 0.3) is 0 Å². The molecule has 0 saturated heterocycles. The average Bonchev–Trinajstić information content (AvgIpc) is 4.17. The van der Waals surface area contributed by atoms with Gasteiger partial charge in [-0.2, -0.15) is 0 Å². The summed E-state index contributed by atoms with van der Waals surface area (Å²) >= 11 is 0. The van der Waals surface area contributed by atoms with E-state index in [1.54, 1.807) is 0 Å². The van der Waals surface area contributed by atoms with Crippen molar-refractivity contribution >= 4 is 115 Å². The number of para-hydroxylation sites is 6. The zero-order valence-corrected chi connectivity index (χ0v) is 37.6. The van der Waals surface area contributed by atoms with Crippen molar-refractivity contribution < 1.29 is 0 Å². The molecule has 6 heteroatoms. The van der Waals surface area contributed by atoms with Gasteiger partial charge in [-0.05, 0) is 88.6 Å². The van der Waals surface area contributed by atoms with Crippen molar-refractivity contribution in [1.82, 2.24) is 28.1 Å². The Balaban J connectivity index is 1.04. The fraction of sp³-hybridized carbons (Fsp3) is 0. The molecule has 5 heterocycles. The van der Waals surface area contributed by atoms with E-state index < -0.39 is 0 Å². The van der Waals surface area contributed by atoms with Gasteiger partial charge in [-0.1, -0.05) is 164 Å². The van der Waals surface area contributed by atoms with E-state index in [1.165, 1.54) is 70.5 Å². The highest BCUT2D eigenvalue weighted by Crippen LogP contribution is 2.43. The highest BCUT2D eigenvalue weighted by molar-refractivity contribution is 6.20. The van der Waals surface area contributed by atoms with Crippen molar-refractivity contribution in [2.75, 3.05) is 0 Å². The van der Waals surface area contributed by atoms with Gasteiger partial charge < -0.3 is 9.13 Å². The molecular formula is C64H38N6. The summed E-state index contributed by atoms with van der Waals surface area (Å²) < 4.78 is 9.60. The van der Waals surface area contributed by atoms with Crippen molar-refractivity contribution in [3.8, 4) is 28.5 Å². The van der Waals surface area contributed by atoms with Crippen LogP contribution in [0.25, 0.3) is 143 Å². The first-order valence-corrected chi connectivity index (χ1v) is 23.9. The lowest BCUT2D eigenvalue weighted by atomic mass is 10.0. The molecule has 16 aromatic rings. The smallest absolute Gasteiger partial charge is 0.221 e. The Hall–Kier alpha value is -9.52. The molecule has 0 atom stereocenters. The number of fused-ring (bicyclic) bond motifs is 18. The largest absolute Gasteiger partial charge is 0.309 e. The van der Waals surface area contributed by atoms with Gasteiger partial charge in [0.2, 0.25) is 5.95 Å². The predicted molar refractivity (Wildman–Crippen MR) is 291 cm³/mol. The Morgan fingerprint density at radius 3 is 1.34 bits per heavy atom. The molecule has 324 valence electrons. The minimum absolute atomic E-state index is 0.800. The third-order valence-electron chi connectivity index (χ3n) is 14.9. The fourth-order valence-electron chi connectivity index (χ4n) is 11.9. The van der Waals surface area contributed by atoms with E-state index >= 15 is 0 Å². The molecule has 5 aromatic heterocycles. The summed E-state index contributed by atoms with van der Waals surface area (Å²) in [5.74, 6) is 0.800. The van der Waals surface area contributed by atoms with E-state index in [2.05, 4.69) is 249 Å². The number of nitrogens with zero attached hydrogens (tertiary/aromatic N) is 6. The molecule has 0 amide bonds. The van der Waals surface area contributed by atoms with Crippen LogP contribution >= 0.6 is 0 Å². The zero-order valence-electron chi connectivity index (χ0n) is 37.6. The first kappa shape index (κ1) is 37.6. The third kappa shape index (κ3) is 5.11. The minimum atomic E-state index is 0.800. The van der Waals surface area contributed by atoms with Crippen LogP contribution in [0.15, 0.2) is 231 Å². The van der Waals surface area contributed by atoms with Gasteiger partial charge >= 0.3 is 0 Å². The number of hydrogen-bond acceptors (Lipinski definition) is 2. The SMILES string of the molecule is c1ccc2c(c1)ccc1c3ccccc3n(-c3cc(-c4ccc5c6ccccc6n(-c6nc7ccccc7c7nc8ccccc8n67)c5c4)cc(-n4c5ccccc5c5ccc6ccccc6c54)c3)c21. The molecule has 0 N–H and O–H groups in total. The van der Waals surface area contributed by atoms with Crippen LogP contribution in [-0.4, -0.2) is 28.1 Å². The summed E-state index contributed by atoms with van der Waals surface area (Å²) in [6.07, 6.45) is 0. The maximum atomic E-state index is 5.51. The number of imidazole rings is 1. The van der Waals surface area contributed by atoms with Crippen molar-refractivity contribution in [3.05, 3.63) is 231 Å². The van der Waals surface area contributed by atoms with Gasteiger partial charge in [0, 0.05) is 59.9 Å². The summed E-state index contributed by atoms with van der Waals surface area (Å²) in [4.78, 5) is 10.7. The lowest BCUT2D eigenvalue weighted by Crippen LogP contribution is -2.06. The van der Waals surface area contributed by atoms with Crippen LogP contribution in [-0.2, 0) is 0 Å². The van der Waals surface area contributed by atoms with Crippen LogP contribution in [0.4, 0.5) is 0 Å². The number of benzene rings is 11. The van der Waals surface area contributed by atoms with Gasteiger partial charge in [0.1, 0.15) is 5.65 Å². The van der Waals surface area contributed by atoms with Gasteiger partial charge in [0.15, 0.2) is 0 Å². The van der Waals surface area contributed by atoms with E-state index in [9.17, 15) is 0 Å². The summed E-state index contributed by atoms with van der Waals surface area (Å²) in [5, 5.41) is 13.1. The van der Waals surface area contributed by atoms with Crippen molar-refractivity contribution in [2.45, 2.75) is 0 Å². The summed E-state index contributed by atoms with van der Waals surface area (Å²) in [6.45, 7) is 0. The van der Waals surface area contributed by atoms with Gasteiger partial charge in [-0.25, -0.2) is 9.97 Å². The Morgan fingerprint density at radius 2 is 0.729 bits per heavy atom. The molecule has 70 heavy (non-hydrogen) atoms. The van der Waals surface area contributed by atoms with Gasteiger partial charge in [0.05, 0.1) is 49.7 Å². The maximum Gasteiger partial charge on any atom is 0.221 e. The van der Waals surface area contributed by atoms with E-state index in [0.717, 1.165) is 72.5 Å².